The van der Waals surface area contributed by atoms with Crippen molar-refractivity contribution in [3.05, 3.63) is 83.8 Å². The molecule has 0 fully saturated rings. The molecule has 2 amide bonds. The highest BCUT2D eigenvalue weighted by atomic mass is 16.7. The van der Waals surface area contributed by atoms with Gasteiger partial charge in [0, 0.05) is 12.4 Å². The van der Waals surface area contributed by atoms with Gasteiger partial charge in [-0.2, -0.15) is 0 Å². The molecular weight excluding hydrogens is 350 g/mol. The van der Waals surface area contributed by atoms with Gasteiger partial charge in [0.05, 0.1) is 17.3 Å². The molecule has 0 saturated carbocycles. The number of amides is 2. The van der Waals surface area contributed by atoms with Crippen LogP contribution in [0, 0.1) is 0 Å². The number of hydrogen-bond donors (Lipinski definition) is 0. The Labute approximate surface area is 152 Å². The van der Waals surface area contributed by atoms with Crippen LogP contribution in [0.1, 0.15) is 31.1 Å². The highest BCUT2D eigenvalue weighted by Crippen LogP contribution is 2.26. The van der Waals surface area contributed by atoms with Gasteiger partial charge in [0.1, 0.15) is 11.3 Å². The lowest BCUT2D eigenvalue weighted by atomic mass is 10.1. The van der Waals surface area contributed by atoms with Crippen LogP contribution < -0.4 is 4.74 Å². The van der Waals surface area contributed by atoms with Crippen molar-refractivity contribution in [2.75, 3.05) is 0 Å². The second-order valence-corrected chi connectivity index (χ2v) is 5.48. The summed E-state index contributed by atoms with van der Waals surface area (Å²) in [5.74, 6) is -2.03. The van der Waals surface area contributed by atoms with Crippen LogP contribution in [-0.4, -0.2) is 32.8 Å². The maximum atomic E-state index is 12.5. The molecule has 0 saturated heterocycles. The first-order valence-electron chi connectivity index (χ1n) is 7.88. The first-order chi connectivity index (χ1) is 13.1. The van der Waals surface area contributed by atoms with Crippen LogP contribution >= 0.6 is 0 Å². The van der Waals surface area contributed by atoms with E-state index in [0.717, 1.165) is 0 Å². The summed E-state index contributed by atoms with van der Waals surface area (Å²) >= 11 is 0. The van der Waals surface area contributed by atoms with E-state index in [1.807, 2.05) is 0 Å². The van der Waals surface area contributed by atoms with E-state index in [0.29, 0.717) is 10.8 Å². The maximum Gasteiger partial charge on any atom is 0.369 e. The smallest absolute Gasteiger partial charge is 0.369 e. The minimum Gasteiger partial charge on any atom is -0.436 e. The number of nitrogens with zero attached hydrogens (tertiary/aromatic N) is 3. The zero-order chi connectivity index (χ0) is 18.8. The van der Waals surface area contributed by atoms with Crippen LogP contribution in [0.25, 0.3) is 0 Å². The number of ether oxygens (including phenoxy) is 1. The van der Waals surface area contributed by atoms with Gasteiger partial charge in [0.2, 0.25) is 5.88 Å². The molecule has 1 aliphatic heterocycles. The summed E-state index contributed by atoms with van der Waals surface area (Å²) in [5.41, 5.74) is 0.305. The van der Waals surface area contributed by atoms with Gasteiger partial charge in [-0.3, -0.25) is 14.6 Å². The second-order valence-electron chi connectivity index (χ2n) is 5.48. The summed E-state index contributed by atoms with van der Waals surface area (Å²) in [6.45, 7) is 0. The molecule has 2 aromatic heterocycles. The van der Waals surface area contributed by atoms with Crippen molar-refractivity contribution in [1.82, 2.24) is 15.0 Å². The standard InChI is InChI=1S/C19H11N3O5/c23-17-13-6-1-2-7-14(13)18(24)22(17)27-19(25)15-8-4-10-21-16(15)26-12-5-3-9-20-11-12/h1-11H. The van der Waals surface area contributed by atoms with Crippen molar-refractivity contribution in [3.8, 4) is 11.6 Å². The van der Waals surface area contributed by atoms with Gasteiger partial charge < -0.3 is 9.57 Å². The molecule has 0 aliphatic carbocycles. The normalized spacial score (nSPS) is 12.7. The molecule has 132 valence electrons. The number of hydrogen-bond acceptors (Lipinski definition) is 7. The predicted octanol–water partition coefficient (Wildman–Crippen LogP) is 2.64. The summed E-state index contributed by atoms with van der Waals surface area (Å²) < 4.78 is 5.55. The lowest BCUT2D eigenvalue weighted by Gasteiger charge is -2.14. The van der Waals surface area contributed by atoms with Crippen molar-refractivity contribution >= 4 is 17.8 Å². The number of imide groups is 1. The number of fused-ring (bicyclic) bond motifs is 1. The summed E-state index contributed by atoms with van der Waals surface area (Å²) in [4.78, 5) is 50.2. The van der Waals surface area contributed by atoms with Crippen LogP contribution in [0.4, 0.5) is 0 Å². The molecule has 4 rings (SSSR count). The van der Waals surface area contributed by atoms with Crippen LogP contribution in [0.15, 0.2) is 67.1 Å². The maximum absolute atomic E-state index is 12.5. The van der Waals surface area contributed by atoms with Gasteiger partial charge >= 0.3 is 5.97 Å². The van der Waals surface area contributed by atoms with Crippen molar-refractivity contribution in [2.45, 2.75) is 0 Å². The van der Waals surface area contributed by atoms with Gasteiger partial charge in [0.15, 0.2) is 0 Å². The lowest BCUT2D eigenvalue weighted by Crippen LogP contribution is -2.32. The Hall–Kier alpha value is -4.07. The van der Waals surface area contributed by atoms with Crippen LogP contribution in [-0.2, 0) is 4.84 Å². The molecular formula is C19H11N3O5. The Bertz CT molecular complexity index is 1020. The third kappa shape index (κ3) is 2.99. The molecule has 8 nitrogen and oxygen atoms in total. The number of carbonyl (C=O) groups excluding carboxylic acids is 3. The molecule has 1 aromatic carbocycles. The molecule has 27 heavy (non-hydrogen) atoms. The molecule has 3 heterocycles. The zero-order valence-corrected chi connectivity index (χ0v) is 13.7. The van der Waals surface area contributed by atoms with Gasteiger partial charge in [-0.25, -0.2) is 9.78 Å². The van der Waals surface area contributed by atoms with E-state index >= 15 is 0 Å². The Morgan fingerprint density at radius 1 is 0.889 bits per heavy atom. The van der Waals surface area contributed by atoms with Crippen molar-refractivity contribution in [2.24, 2.45) is 0 Å². The molecule has 3 aromatic rings. The van der Waals surface area contributed by atoms with Crippen molar-refractivity contribution in [3.63, 3.8) is 0 Å². The number of rotatable bonds is 4. The molecule has 0 unspecified atom stereocenters. The fraction of sp³-hybridized carbons (Fsp3) is 0. The van der Waals surface area contributed by atoms with Crippen LogP contribution in [0.2, 0.25) is 0 Å². The summed E-state index contributed by atoms with van der Waals surface area (Å²) in [6.07, 6.45) is 4.46. The Morgan fingerprint density at radius 3 is 2.26 bits per heavy atom. The molecule has 0 bridgehead atoms. The topological polar surface area (TPSA) is 98.7 Å². The Kier molecular flexibility index (Phi) is 4.06. The average molecular weight is 361 g/mol. The van der Waals surface area contributed by atoms with Gasteiger partial charge in [-0.15, -0.1) is 0 Å². The number of hydroxylamine groups is 2. The number of aromatic nitrogens is 2. The van der Waals surface area contributed by atoms with Gasteiger partial charge in [0.25, 0.3) is 11.8 Å². The fourth-order valence-corrected chi connectivity index (χ4v) is 2.53. The number of carbonyl (C=O) groups is 3. The highest BCUT2D eigenvalue weighted by molar-refractivity contribution is 6.21. The largest absolute Gasteiger partial charge is 0.436 e. The van der Waals surface area contributed by atoms with E-state index in [4.69, 9.17) is 9.57 Å². The van der Waals surface area contributed by atoms with Crippen molar-refractivity contribution < 1.29 is 24.0 Å². The number of pyridine rings is 2. The minimum atomic E-state index is -0.948. The summed E-state index contributed by atoms with van der Waals surface area (Å²) in [5, 5.41) is 0.438. The van der Waals surface area contributed by atoms with Crippen LogP contribution in [0.5, 0.6) is 11.6 Å². The molecule has 0 spiro atoms. The predicted molar refractivity (Wildman–Crippen MR) is 90.9 cm³/mol. The summed E-state index contributed by atoms with van der Waals surface area (Å²) in [6, 6.07) is 12.5. The van der Waals surface area contributed by atoms with E-state index < -0.39 is 17.8 Å². The quantitative estimate of drug-likeness (QED) is 0.659. The third-order valence-electron chi connectivity index (χ3n) is 3.77. The average Bonchev–Trinajstić information content (AvgIpc) is 2.94. The van der Waals surface area contributed by atoms with E-state index in [1.54, 1.807) is 30.5 Å². The van der Waals surface area contributed by atoms with E-state index in [1.165, 1.54) is 36.7 Å². The molecule has 8 heteroatoms. The van der Waals surface area contributed by atoms with Crippen LogP contribution in [0.3, 0.4) is 0 Å². The van der Waals surface area contributed by atoms with E-state index in [2.05, 4.69) is 9.97 Å². The minimum absolute atomic E-state index is 0.0351. The molecule has 0 radical (unpaired) electrons. The van der Waals surface area contributed by atoms with Gasteiger partial charge in [-0.05, 0) is 36.4 Å². The zero-order valence-electron chi connectivity index (χ0n) is 13.7. The van der Waals surface area contributed by atoms with E-state index in [-0.39, 0.29) is 22.6 Å². The number of benzene rings is 1. The summed E-state index contributed by atoms with van der Waals surface area (Å²) in [7, 11) is 0. The van der Waals surface area contributed by atoms with Crippen molar-refractivity contribution in [1.29, 1.82) is 0 Å². The first kappa shape index (κ1) is 16.4. The first-order valence-corrected chi connectivity index (χ1v) is 7.88. The Morgan fingerprint density at radius 2 is 1.59 bits per heavy atom. The monoisotopic (exact) mass is 361 g/mol. The molecule has 0 N–H and O–H groups in total. The molecule has 0 atom stereocenters. The SMILES string of the molecule is O=C(ON1C(=O)c2ccccc2C1=O)c1cccnc1Oc1cccnc1. The van der Waals surface area contributed by atoms with Gasteiger partial charge in [-0.1, -0.05) is 17.2 Å². The highest BCUT2D eigenvalue weighted by Gasteiger charge is 2.39. The van der Waals surface area contributed by atoms with E-state index in [9.17, 15) is 14.4 Å². The lowest BCUT2D eigenvalue weighted by molar-refractivity contribution is -0.0586. The second kappa shape index (κ2) is 6.68. The Balaban J connectivity index is 1.58. The third-order valence-corrected chi connectivity index (χ3v) is 3.77. The fourth-order valence-electron chi connectivity index (χ4n) is 2.53. The molecule has 1 aliphatic rings.